The van der Waals surface area contributed by atoms with Gasteiger partial charge in [0.1, 0.15) is 5.60 Å². The Labute approximate surface area is 90.2 Å². The van der Waals surface area contributed by atoms with E-state index in [-0.39, 0.29) is 17.6 Å². The molecule has 1 rings (SSSR count). The van der Waals surface area contributed by atoms with Gasteiger partial charge in [-0.15, -0.1) is 0 Å². The number of rotatable bonds is 2. The first-order chi connectivity index (χ1) is 6.79. The van der Waals surface area contributed by atoms with E-state index in [4.69, 9.17) is 10.5 Å². The Morgan fingerprint density at radius 3 is 2.33 bits per heavy atom. The SMILES string of the molecule is C[C@@H](N)c1ccc(OC(C)(C)C)c(F)c1. The fraction of sp³-hybridized carbons (Fsp3) is 0.500. The minimum atomic E-state index is -0.392. The summed E-state index contributed by atoms with van der Waals surface area (Å²) in [7, 11) is 0. The Morgan fingerprint density at radius 1 is 1.33 bits per heavy atom. The molecule has 1 aromatic carbocycles. The minimum absolute atomic E-state index is 0.164. The van der Waals surface area contributed by atoms with E-state index in [0.717, 1.165) is 5.56 Å². The van der Waals surface area contributed by atoms with Crippen molar-refractivity contribution in [2.24, 2.45) is 5.73 Å². The predicted molar refractivity (Wildman–Crippen MR) is 59.4 cm³/mol. The number of hydrogen-bond donors (Lipinski definition) is 1. The summed E-state index contributed by atoms with van der Waals surface area (Å²) in [6.07, 6.45) is 0. The molecule has 1 aromatic rings. The fourth-order valence-electron chi connectivity index (χ4n) is 1.21. The molecule has 0 saturated heterocycles. The van der Waals surface area contributed by atoms with Crippen LogP contribution in [0.3, 0.4) is 0 Å². The molecular formula is C12H18FNO. The highest BCUT2D eigenvalue weighted by atomic mass is 19.1. The van der Waals surface area contributed by atoms with Crippen LogP contribution >= 0.6 is 0 Å². The van der Waals surface area contributed by atoms with Gasteiger partial charge in [0.2, 0.25) is 0 Å². The Bertz CT molecular complexity index is 342. The van der Waals surface area contributed by atoms with Gasteiger partial charge in [-0.1, -0.05) is 6.07 Å². The van der Waals surface area contributed by atoms with Crippen LogP contribution in [0.1, 0.15) is 39.3 Å². The van der Waals surface area contributed by atoms with Gasteiger partial charge in [-0.2, -0.15) is 0 Å². The zero-order valence-corrected chi connectivity index (χ0v) is 9.67. The summed E-state index contributed by atoms with van der Waals surface area (Å²) in [4.78, 5) is 0. The number of hydrogen-bond acceptors (Lipinski definition) is 2. The third kappa shape index (κ3) is 3.51. The molecule has 2 N–H and O–H groups in total. The van der Waals surface area contributed by atoms with Gasteiger partial charge in [0, 0.05) is 6.04 Å². The van der Waals surface area contributed by atoms with Gasteiger partial charge in [0.15, 0.2) is 11.6 Å². The van der Waals surface area contributed by atoms with Crippen molar-refractivity contribution in [3.63, 3.8) is 0 Å². The van der Waals surface area contributed by atoms with Gasteiger partial charge in [-0.3, -0.25) is 0 Å². The first-order valence-electron chi connectivity index (χ1n) is 5.03. The summed E-state index contributed by atoms with van der Waals surface area (Å²) in [6.45, 7) is 7.46. The molecule has 0 bridgehead atoms. The summed E-state index contributed by atoms with van der Waals surface area (Å²) in [5.74, 6) is -0.0911. The van der Waals surface area contributed by atoms with Crippen LogP contribution in [-0.4, -0.2) is 5.60 Å². The zero-order valence-electron chi connectivity index (χ0n) is 9.67. The zero-order chi connectivity index (χ0) is 11.6. The average Bonchev–Trinajstić information content (AvgIpc) is 2.05. The van der Waals surface area contributed by atoms with Crippen molar-refractivity contribution in [2.45, 2.75) is 39.3 Å². The van der Waals surface area contributed by atoms with Crippen molar-refractivity contribution in [2.75, 3.05) is 0 Å². The Balaban J connectivity index is 2.94. The first-order valence-corrected chi connectivity index (χ1v) is 5.03. The molecule has 0 unspecified atom stereocenters. The molecule has 0 aliphatic rings. The van der Waals surface area contributed by atoms with Crippen molar-refractivity contribution >= 4 is 0 Å². The van der Waals surface area contributed by atoms with Gasteiger partial charge >= 0.3 is 0 Å². The number of benzene rings is 1. The molecule has 0 aliphatic heterocycles. The maximum atomic E-state index is 13.6. The Morgan fingerprint density at radius 2 is 1.93 bits per heavy atom. The maximum Gasteiger partial charge on any atom is 0.165 e. The van der Waals surface area contributed by atoms with E-state index in [9.17, 15) is 4.39 Å². The Kier molecular flexibility index (Phi) is 3.35. The van der Waals surface area contributed by atoms with Crippen molar-refractivity contribution in [3.05, 3.63) is 29.6 Å². The first kappa shape index (κ1) is 12.0. The quantitative estimate of drug-likeness (QED) is 0.816. The number of ether oxygens (including phenoxy) is 1. The molecule has 0 amide bonds. The van der Waals surface area contributed by atoms with Gasteiger partial charge < -0.3 is 10.5 Å². The van der Waals surface area contributed by atoms with Crippen LogP contribution in [0.15, 0.2) is 18.2 Å². The summed E-state index contributed by atoms with van der Waals surface area (Å²) >= 11 is 0. The predicted octanol–water partition coefficient (Wildman–Crippen LogP) is 3.02. The van der Waals surface area contributed by atoms with Crippen LogP contribution in [-0.2, 0) is 0 Å². The average molecular weight is 211 g/mol. The largest absolute Gasteiger partial charge is 0.485 e. The molecule has 0 aromatic heterocycles. The lowest BCUT2D eigenvalue weighted by molar-refractivity contribution is 0.124. The summed E-state index contributed by atoms with van der Waals surface area (Å²) in [6, 6.07) is 4.67. The van der Waals surface area contributed by atoms with Crippen molar-refractivity contribution in [1.82, 2.24) is 0 Å². The molecular weight excluding hydrogens is 193 g/mol. The molecule has 3 heteroatoms. The summed E-state index contributed by atoms with van der Waals surface area (Å²) in [5.41, 5.74) is 6.03. The van der Waals surface area contributed by atoms with Crippen molar-refractivity contribution in [1.29, 1.82) is 0 Å². The molecule has 2 nitrogen and oxygen atoms in total. The minimum Gasteiger partial charge on any atom is -0.485 e. The molecule has 0 heterocycles. The highest BCUT2D eigenvalue weighted by Gasteiger charge is 2.15. The lowest BCUT2D eigenvalue weighted by Gasteiger charge is -2.22. The maximum absolute atomic E-state index is 13.6. The summed E-state index contributed by atoms with van der Waals surface area (Å²) < 4.78 is 19.0. The van der Waals surface area contributed by atoms with Crippen LogP contribution in [0.25, 0.3) is 0 Å². The van der Waals surface area contributed by atoms with E-state index < -0.39 is 5.60 Å². The number of nitrogens with two attached hydrogens (primary N) is 1. The fourth-order valence-corrected chi connectivity index (χ4v) is 1.21. The molecule has 0 saturated carbocycles. The van der Waals surface area contributed by atoms with Gasteiger partial charge in [-0.05, 0) is 45.4 Å². The topological polar surface area (TPSA) is 35.2 Å². The normalized spacial score (nSPS) is 13.7. The van der Waals surface area contributed by atoms with E-state index >= 15 is 0 Å². The van der Waals surface area contributed by atoms with Gasteiger partial charge in [0.25, 0.3) is 0 Å². The van der Waals surface area contributed by atoms with E-state index in [0.29, 0.717) is 0 Å². The standard InChI is InChI=1S/C12H18FNO/c1-8(14)9-5-6-11(10(13)7-9)15-12(2,3)4/h5-8H,14H2,1-4H3/t8-/m1/s1. The molecule has 0 spiro atoms. The lowest BCUT2D eigenvalue weighted by atomic mass is 10.1. The second-order valence-electron chi connectivity index (χ2n) is 4.69. The van der Waals surface area contributed by atoms with Crippen LogP contribution < -0.4 is 10.5 Å². The van der Waals surface area contributed by atoms with Crippen LogP contribution in [0, 0.1) is 5.82 Å². The van der Waals surface area contributed by atoms with Crippen LogP contribution in [0.2, 0.25) is 0 Å². The van der Waals surface area contributed by atoms with Crippen molar-refractivity contribution in [3.8, 4) is 5.75 Å². The van der Waals surface area contributed by atoms with E-state index in [2.05, 4.69) is 0 Å². The van der Waals surface area contributed by atoms with Crippen molar-refractivity contribution < 1.29 is 9.13 Å². The molecule has 15 heavy (non-hydrogen) atoms. The van der Waals surface area contributed by atoms with E-state index in [1.807, 2.05) is 27.7 Å². The molecule has 84 valence electrons. The number of halogens is 1. The highest BCUT2D eigenvalue weighted by Crippen LogP contribution is 2.24. The van der Waals surface area contributed by atoms with Crippen LogP contribution in [0.5, 0.6) is 5.75 Å². The van der Waals surface area contributed by atoms with Gasteiger partial charge in [-0.25, -0.2) is 4.39 Å². The molecule has 0 aliphatic carbocycles. The highest BCUT2D eigenvalue weighted by molar-refractivity contribution is 5.31. The monoisotopic (exact) mass is 211 g/mol. The van der Waals surface area contributed by atoms with E-state index in [1.165, 1.54) is 6.07 Å². The lowest BCUT2D eigenvalue weighted by Crippen LogP contribution is -2.23. The Hall–Kier alpha value is -1.09. The second kappa shape index (κ2) is 4.19. The molecule has 0 fully saturated rings. The third-order valence-electron chi connectivity index (χ3n) is 1.90. The van der Waals surface area contributed by atoms with Crippen LogP contribution in [0.4, 0.5) is 4.39 Å². The molecule has 0 radical (unpaired) electrons. The van der Waals surface area contributed by atoms with Gasteiger partial charge in [0.05, 0.1) is 0 Å². The second-order valence-corrected chi connectivity index (χ2v) is 4.69. The summed E-state index contributed by atoms with van der Waals surface area (Å²) in [5, 5.41) is 0. The third-order valence-corrected chi connectivity index (χ3v) is 1.90. The molecule has 1 atom stereocenters. The van der Waals surface area contributed by atoms with E-state index in [1.54, 1.807) is 12.1 Å². The smallest absolute Gasteiger partial charge is 0.165 e.